The molecule has 2 atom stereocenters. The molecule has 2 aromatic carbocycles. The van der Waals surface area contributed by atoms with Crippen molar-refractivity contribution >= 4 is 33.4 Å². The lowest BCUT2D eigenvalue weighted by Gasteiger charge is -2.31. The van der Waals surface area contributed by atoms with Crippen LogP contribution in [0.4, 0.5) is 0 Å². The fourth-order valence-corrected chi connectivity index (χ4v) is 6.15. The van der Waals surface area contributed by atoms with Gasteiger partial charge >= 0.3 is 0 Å². The molecule has 1 aromatic heterocycles. The molecule has 1 heterocycles. The molecule has 1 fully saturated rings. The highest BCUT2D eigenvalue weighted by molar-refractivity contribution is 7.99. The van der Waals surface area contributed by atoms with Gasteiger partial charge < -0.3 is 0 Å². The summed E-state index contributed by atoms with van der Waals surface area (Å²) in [5, 5.41) is 13.3. The van der Waals surface area contributed by atoms with Crippen LogP contribution in [0.5, 0.6) is 0 Å². The lowest BCUT2D eigenvalue weighted by molar-refractivity contribution is 0.422. The Morgan fingerprint density at radius 2 is 1.76 bits per heavy atom. The van der Waals surface area contributed by atoms with E-state index in [0.717, 1.165) is 31.4 Å². The second kappa shape index (κ2) is 8.83. The number of sulfonamides is 1. The smallest absolute Gasteiger partial charge is 0.207 e. The van der Waals surface area contributed by atoms with Crippen molar-refractivity contribution in [2.24, 2.45) is 0 Å². The molecule has 152 valence electrons. The van der Waals surface area contributed by atoms with Gasteiger partial charge in [-0.2, -0.15) is 4.68 Å². The molecule has 1 N–H and O–H groups in total. The van der Waals surface area contributed by atoms with E-state index in [2.05, 4.69) is 20.2 Å². The minimum absolute atomic E-state index is 0.0410. The van der Waals surface area contributed by atoms with Crippen LogP contribution in [-0.2, 0) is 10.0 Å². The molecule has 4 rings (SSSR count). The van der Waals surface area contributed by atoms with Gasteiger partial charge in [-0.25, -0.2) is 13.1 Å². The van der Waals surface area contributed by atoms with Crippen molar-refractivity contribution in [1.29, 1.82) is 0 Å². The quantitative estimate of drug-likeness (QED) is 0.617. The highest BCUT2D eigenvalue weighted by Gasteiger charge is 2.31. The number of thioether (sulfide) groups is 1. The molecular formula is C19H20ClN5O2S2. The number of nitrogens with one attached hydrogen (secondary N) is 1. The Morgan fingerprint density at radius 1 is 1.03 bits per heavy atom. The standard InChI is InChI=1S/C19H20ClN5O2S2/c20-14-10-12-16(13-11-14)29(26,27)22-17-8-4-5-9-18(17)28-19-21-23-24-25(19)15-6-2-1-3-7-15/h1-3,6-7,10-13,17-18,22H,4-5,8-9H2/t17-,18+/m1/s1. The number of tetrazole rings is 1. The van der Waals surface area contributed by atoms with E-state index in [1.807, 2.05) is 30.3 Å². The van der Waals surface area contributed by atoms with Crippen molar-refractivity contribution in [1.82, 2.24) is 24.9 Å². The van der Waals surface area contributed by atoms with Crippen molar-refractivity contribution in [3.8, 4) is 5.69 Å². The summed E-state index contributed by atoms with van der Waals surface area (Å²) >= 11 is 7.40. The van der Waals surface area contributed by atoms with Gasteiger partial charge in [-0.05, 0) is 59.7 Å². The first-order chi connectivity index (χ1) is 14.0. The molecule has 29 heavy (non-hydrogen) atoms. The molecule has 0 bridgehead atoms. The summed E-state index contributed by atoms with van der Waals surface area (Å²) in [7, 11) is -3.63. The number of para-hydroxylation sites is 1. The minimum atomic E-state index is -3.63. The average Bonchev–Trinajstić information content (AvgIpc) is 3.18. The lowest BCUT2D eigenvalue weighted by Crippen LogP contribution is -2.43. The van der Waals surface area contributed by atoms with Gasteiger partial charge in [-0.15, -0.1) is 5.10 Å². The minimum Gasteiger partial charge on any atom is -0.207 e. The highest BCUT2D eigenvalue weighted by atomic mass is 35.5. The van der Waals surface area contributed by atoms with E-state index >= 15 is 0 Å². The summed E-state index contributed by atoms with van der Waals surface area (Å²) in [6.45, 7) is 0. The molecule has 0 amide bonds. The predicted octanol–water partition coefficient (Wildman–Crippen LogP) is 3.70. The Morgan fingerprint density at radius 3 is 2.52 bits per heavy atom. The van der Waals surface area contributed by atoms with Gasteiger partial charge in [0.25, 0.3) is 0 Å². The normalized spacial score (nSPS) is 19.9. The summed E-state index contributed by atoms with van der Waals surface area (Å²) in [6.07, 6.45) is 3.69. The van der Waals surface area contributed by atoms with E-state index in [-0.39, 0.29) is 16.2 Å². The Balaban J connectivity index is 1.53. The summed E-state index contributed by atoms with van der Waals surface area (Å²) in [6, 6.07) is 15.7. The molecule has 10 heteroatoms. The third kappa shape index (κ3) is 4.80. The van der Waals surface area contributed by atoms with E-state index in [1.165, 1.54) is 23.9 Å². The van der Waals surface area contributed by atoms with E-state index in [1.54, 1.807) is 16.8 Å². The molecule has 0 spiro atoms. The van der Waals surface area contributed by atoms with Crippen LogP contribution in [0.15, 0.2) is 64.6 Å². The number of hydrogen-bond acceptors (Lipinski definition) is 6. The summed E-state index contributed by atoms with van der Waals surface area (Å²) < 4.78 is 30.2. The second-order valence-electron chi connectivity index (χ2n) is 6.83. The zero-order valence-corrected chi connectivity index (χ0v) is 17.9. The van der Waals surface area contributed by atoms with E-state index in [4.69, 9.17) is 11.6 Å². The van der Waals surface area contributed by atoms with E-state index < -0.39 is 10.0 Å². The molecule has 0 unspecified atom stereocenters. The number of nitrogens with zero attached hydrogens (tertiary/aromatic N) is 4. The third-order valence-electron chi connectivity index (χ3n) is 4.83. The molecule has 1 saturated carbocycles. The topological polar surface area (TPSA) is 89.8 Å². The Labute approximate surface area is 178 Å². The lowest BCUT2D eigenvalue weighted by atomic mass is 9.96. The van der Waals surface area contributed by atoms with Crippen LogP contribution >= 0.6 is 23.4 Å². The first-order valence-corrected chi connectivity index (χ1v) is 12.1. The van der Waals surface area contributed by atoms with Crippen LogP contribution in [-0.4, -0.2) is 39.9 Å². The molecule has 0 saturated heterocycles. The molecule has 7 nitrogen and oxygen atoms in total. The Kier molecular flexibility index (Phi) is 6.19. The van der Waals surface area contributed by atoms with Gasteiger partial charge in [0.1, 0.15) is 0 Å². The highest BCUT2D eigenvalue weighted by Crippen LogP contribution is 2.34. The van der Waals surface area contributed by atoms with Crippen molar-refractivity contribution in [2.45, 2.75) is 47.0 Å². The summed E-state index contributed by atoms with van der Waals surface area (Å²) in [5.41, 5.74) is 0.870. The molecule has 0 radical (unpaired) electrons. The molecule has 1 aliphatic carbocycles. The molecular weight excluding hydrogens is 430 g/mol. The second-order valence-corrected chi connectivity index (χ2v) is 10.2. The van der Waals surface area contributed by atoms with Crippen LogP contribution in [0.3, 0.4) is 0 Å². The fraction of sp³-hybridized carbons (Fsp3) is 0.316. The number of rotatable bonds is 6. The van der Waals surface area contributed by atoms with Crippen LogP contribution in [0, 0.1) is 0 Å². The maximum absolute atomic E-state index is 12.8. The number of halogens is 1. The first kappa shape index (κ1) is 20.3. The van der Waals surface area contributed by atoms with Crippen molar-refractivity contribution in [3.63, 3.8) is 0 Å². The van der Waals surface area contributed by atoms with Crippen LogP contribution in [0.1, 0.15) is 25.7 Å². The van der Waals surface area contributed by atoms with E-state index in [0.29, 0.717) is 10.2 Å². The molecule has 1 aliphatic rings. The zero-order valence-electron chi connectivity index (χ0n) is 15.5. The van der Waals surface area contributed by atoms with Crippen LogP contribution in [0.25, 0.3) is 5.69 Å². The predicted molar refractivity (Wildman–Crippen MR) is 113 cm³/mol. The average molecular weight is 450 g/mol. The third-order valence-corrected chi connectivity index (χ3v) is 7.92. The van der Waals surface area contributed by atoms with Crippen molar-refractivity contribution < 1.29 is 8.42 Å². The molecule has 3 aromatic rings. The zero-order chi connectivity index (χ0) is 20.3. The van der Waals surface area contributed by atoms with Gasteiger partial charge in [0.05, 0.1) is 10.6 Å². The maximum Gasteiger partial charge on any atom is 0.240 e. The van der Waals surface area contributed by atoms with Crippen LogP contribution in [0.2, 0.25) is 5.02 Å². The number of benzene rings is 2. The Hall–Kier alpha value is -1.94. The number of aromatic nitrogens is 4. The van der Waals surface area contributed by atoms with Gasteiger partial charge in [0.2, 0.25) is 15.2 Å². The van der Waals surface area contributed by atoms with Gasteiger partial charge in [0.15, 0.2) is 0 Å². The van der Waals surface area contributed by atoms with Crippen molar-refractivity contribution in [2.75, 3.05) is 0 Å². The first-order valence-electron chi connectivity index (χ1n) is 9.31. The van der Waals surface area contributed by atoms with Gasteiger partial charge in [-0.1, -0.05) is 54.4 Å². The summed E-state index contributed by atoms with van der Waals surface area (Å²) in [5.74, 6) is 0. The monoisotopic (exact) mass is 449 g/mol. The van der Waals surface area contributed by atoms with Gasteiger partial charge in [-0.3, -0.25) is 0 Å². The van der Waals surface area contributed by atoms with Crippen LogP contribution < -0.4 is 4.72 Å². The Bertz CT molecular complexity index is 1060. The largest absolute Gasteiger partial charge is 0.240 e. The number of hydrogen-bond donors (Lipinski definition) is 1. The van der Waals surface area contributed by atoms with Crippen molar-refractivity contribution in [3.05, 3.63) is 59.6 Å². The van der Waals surface area contributed by atoms with Gasteiger partial charge in [0, 0.05) is 16.3 Å². The fourth-order valence-electron chi connectivity index (χ4n) is 3.37. The summed E-state index contributed by atoms with van der Waals surface area (Å²) in [4.78, 5) is 0.213. The SMILES string of the molecule is O=S(=O)(N[C@@H]1CCCC[C@@H]1Sc1nnnn1-c1ccccc1)c1ccc(Cl)cc1. The maximum atomic E-state index is 12.8. The van der Waals surface area contributed by atoms with E-state index in [9.17, 15) is 8.42 Å². The molecule has 0 aliphatic heterocycles.